The second kappa shape index (κ2) is 5.18. The number of nitrogens with zero attached hydrogens (tertiary/aromatic N) is 1. The molecule has 0 aliphatic rings. The number of halogens is 1. The molecule has 2 rings (SSSR count). The SMILES string of the molecule is [O]C(=O)N(c1ccccc1)c1cccc(I)c1. The molecule has 0 saturated heterocycles. The molecule has 4 heteroatoms. The highest BCUT2D eigenvalue weighted by atomic mass is 127. The van der Waals surface area contributed by atoms with E-state index < -0.39 is 6.09 Å². The molecule has 0 N–H and O–H groups in total. The third kappa shape index (κ3) is 2.76. The van der Waals surface area contributed by atoms with E-state index in [0.29, 0.717) is 11.4 Å². The third-order valence-electron chi connectivity index (χ3n) is 2.26. The molecular formula is C13H9INO2. The van der Waals surface area contributed by atoms with E-state index in [-0.39, 0.29) is 0 Å². The van der Waals surface area contributed by atoms with Crippen LogP contribution in [0.25, 0.3) is 0 Å². The van der Waals surface area contributed by atoms with Crippen molar-refractivity contribution >= 4 is 40.1 Å². The summed E-state index contributed by atoms with van der Waals surface area (Å²) in [5, 5.41) is 11.2. The van der Waals surface area contributed by atoms with E-state index in [1.54, 1.807) is 36.4 Å². The van der Waals surface area contributed by atoms with Gasteiger partial charge >= 0.3 is 6.09 Å². The number of anilines is 2. The minimum atomic E-state index is -1.24. The highest BCUT2D eigenvalue weighted by molar-refractivity contribution is 14.1. The van der Waals surface area contributed by atoms with Crippen LogP contribution in [-0.4, -0.2) is 6.09 Å². The van der Waals surface area contributed by atoms with Crippen molar-refractivity contribution in [2.45, 2.75) is 0 Å². The van der Waals surface area contributed by atoms with Crippen LogP contribution in [0, 0.1) is 3.57 Å². The molecular weight excluding hydrogens is 329 g/mol. The van der Waals surface area contributed by atoms with Crippen LogP contribution < -0.4 is 4.90 Å². The highest BCUT2D eigenvalue weighted by Gasteiger charge is 2.18. The number of hydrogen-bond acceptors (Lipinski definition) is 1. The molecule has 1 radical (unpaired) electrons. The molecule has 0 aromatic heterocycles. The van der Waals surface area contributed by atoms with Crippen molar-refractivity contribution in [2.75, 3.05) is 4.90 Å². The Morgan fingerprint density at radius 3 is 2.18 bits per heavy atom. The second-order valence-corrected chi connectivity index (χ2v) is 4.66. The van der Waals surface area contributed by atoms with Gasteiger partial charge in [-0.2, -0.15) is 0 Å². The van der Waals surface area contributed by atoms with Gasteiger partial charge in [0.1, 0.15) is 0 Å². The zero-order valence-corrected chi connectivity index (χ0v) is 11.0. The summed E-state index contributed by atoms with van der Waals surface area (Å²) in [7, 11) is 0. The lowest BCUT2D eigenvalue weighted by Gasteiger charge is -2.18. The maximum Gasteiger partial charge on any atom is 0.462 e. The van der Waals surface area contributed by atoms with E-state index in [1.165, 1.54) is 0 Å². The molecule has 0 aliphatic carbocycles. The van der Waals surface area contributed by atoms with E-state index in [0.717, 1.165) is 8.47 Å². The molecule has 0 spiro atoms. The fourth-order valence-electron chi connectivity index (χ4n) is 1.55. The lowest BCUT2D eigenvalue weighted by molar-refractivity contribution is 0.179. The van der Waals surface area contributed by atoms with E-state index >= 15 is 0 Å². The minimum absolute atomic E-state index is 0.578. The molecule has 3 nitrogen and oxygen atoms in total. The Morgan fingerprint density at radius 1 is 0.941 bits per heavy atom. The van der Waals surface area contributed by atoms with Gasteiger partial charge in [-0.25, -0.2) is 14.8 Å². The first kappa shape index (κ1) is 11.9. The van der Waals surface area contributed by atoms with E-state index in [2.05, 4.69) is 22.6 Å². The quantitative estimate of drug-likeness (QED) is 0.764. The summed E-state index contributed by atoms with van der Waals surface area (Å²) in [5.41, 5.74) is 1.16. The topological polar surface area (TPSA) is 40.2 Å². The molecule has 2 aromatic carbocycles. The largest absolute Gasteiger partial charge is 0.462 e. The number of rotatable bonds is 2. The Balaban J connectivity index is 2.47. The molecule has 0 aliphatic heterocycles. The number of carbonyl (C=O) groups is 1. The smallest absolute Gasteiger partial charge is 0.243 e. The van der Waals surface area contributed by atoms with Gasteiger partial charge in [0.25, 0.3) is 0 Å². The summed E-state index contributed by atoms with van der Waals surface area (Å²) >= 11 is 2.14. The average Bonchev–Trinajstić information content (AvgIpc) is 2.30. The van der Waals surface area contributed by atoms with Crippen molar-refractivity contribution in [3.05, 3.63) is 58.2 Å². The zero-order valence-electron chi connectivity index (χ0n) is 8.84. The summed E-state index contributed by atoms with van der Waals surface area (Å²) in [6.07, 6.45) is -1.24. The van der Waals surface area contributed by atoms with Gasteiger partial charge in [-0.1, -0.05) is 24.3 Å². The average molecular weight is 338 g/mol. The van der Waals surface area contributed by atoms with Gasteiger partial charge in [0.05, 0.1) is 11.4 Å². The van der Waals surface area contributed by atoms with Crippen LogP contribution in [0.4, 0.5) is 16.2 Å². The van der Waals surface area contributed by atoms with Gasteiger partial charge in [-0.05, 0) is 52.9 Å². The maximum absolute atomic E-state index is 11.2. The van der Waals surface area contributed by atoms with Crippen LogP contribution in [0.1, 0.15) is 0 Å². The summed E-state index contributed by atoms with van der Waals surface area (Å²) in [6, 6.07) is 16.1. The molecule has 0 atom stereocenters. The van der Waals surface area contributed by atoms with Crippen LogP contribution in [0.3, 0.4) is 0 Å². The van der Waals surface area contributed by atoms with Gasteiger partial charge in [0.15, 0.2) is 0 Å². The Bertz CT molecular complexity index is 528. The first-order valence-corrected chi connectivity index (χ1v) is 6.08. The first-order valence-electron chi connectivity index (χ1n) is 5.00. The van der Waals surface area contributed by atoms with Gasteiger partial charge < -0.3 is 0 Å². The molecule has 17 heavy (non-hydrogen) atoms. The zero-order chi connectivity index (χ0) is 12.3. The fourth-order valence-corrected chi connectivity index (χ4v) is 2.08. The van der Waals surface area contributed by atoms with E-state index in [9.17, 15) is 9.90 Å². The van der Waals surface area contributed by atoms with Gasteiger partial charge in [0.2, 0.25) is 0 Å². The number of para-hydroxylation sites is 1. The van der Waals surface area contributed by atoms with Crippen molar-refractivity contribution in [2.24, 2.45) is 0 Å². The molecule has 0 bridgehead atoms. The standard InChI is InChI=1S/C13H9INO2/c14-10-5-4-8-12(9-10)15(13(16)17)11-6-2-1-3-7-11/h1-9H. The summed E-state index contributed by atoms with van der Waals surface area (Å²) in [6.45, 7) is 0. The predicted octanol–water partition coefficient (Wildman–Crippen LogP) is 3.98. The predicted molar refractivity (Wildman–Crippen MR) is 73.8 cm³/mol. The Morgan fingerprint density at radius 2 is 1.59 bits per heavy atom. The Hall–Kier alpha value is -1.56. The maximum atomic E-state index is 11.2. The van der Waals surface area contributed by atoms with E-state index in [4.69, 9.17) is 0 Å². The summed E-state index contributed by atoms with van der Waals surface area (Å²) in [4.78, 5) is 12.4. The molecule has 0 heterocycles. The van der Waals surface area contributed by atoms with Crippen molar-refractivity contribution in [3.8, 4) is 0 Å². The highest BCUT2D eigenvalue weighted by Crippen LogP contribution is 2.26. The van der Waals surface area contributed by atoms with Crippen LogP contribution in [0.5, 0.6) is 0 Å². The number of carbonyl (C=O) groups excluding carboxylic acids is 1. The molecule has 0 saturated carbocycles. The monoisotopic (exact) mass is 338 g/mol. The lowest BCUT2D eigenvalue weighted by atomic mass is 10.2. The van der Waals surface area contributed by atoms with Crippen molar-refractivity contribution in [1.82, 2.24) is 0 Å². The summed E-state index contributed by atoms with van der Waals surface area (Å²) < 4.78 is 0.974. The van der Waals surface area contributed by atoms with Crippen LogP contribution in [-0.2, 0) is 5.11 Å². The summed E-state index contributed by atoms with van der Waals surface area (Å²) in [5.74, 6) is 0. The third-order valence-corrected chi connectivity index (χ3v) is 2.93. The number of hydrogen-bond donors (Lipinski definition) is 0. The number of amides is 1. The van der Waals surface area contributed by atoms with Gasteiger partial charge in [-0.15, -0.1) is 0 Å². The van der Waals surface area contributed by atoms with Crippen molar-refractivity contribution in [1.29, 1.82) is 0 Å². The van der Waals surface area contributed by atoms with Crippen LogP contribution in [0.2, 0.25) is 0 Å². The Kier molecular flexibility index (Phi) is 3.63. The van der Waals surface area contributed by atoms with Crippen LogP contribution in [0.15, 0.2) is 54.6 Å². The molecule has 1 amide bonds. The molecule has 85 valence electrons. The molecule has 2 aromatic rings. The second-order valence-electron chi connectivity index (χ2n) is 3.42. The van der Waals surface area contributed by atoms with Crippen molar-refractivity contribution < 1.29 is 9.90 Å². The Labute approximate surface area is 113 Å². The lowest BCUT2D eigenvalue weighted by Crippen LogP contribution is -2.22. The first-order chi connectivity index (χ1) is 8.18. The van der Waals surface area contributed by atoms with Crippen molar-refractivity contribution in [3.63, 3.8) is 0 Å². The normalized spacial score (nSPS) is 9.94. The minimum Gasteiger partial charge on any atom is -0.243 e. The molecule has 0 unspecified atom stereocenters. The molecule has 0 fully saturated rings. The van der Waals surface area contributed by atoms with E-state index in [1.807, 2.05) is 18.2 Å². The number of benzene rings is 2. The fraction of sp³-hybridized carbons (Fsp3) is 0. The van der Waals surface area contributed by atoms with Gasteiger partial charge in [0, 0.05) is 3.57 Å². The van der Waals surface area contributed by atoms with Gasteiger partial charge in [-0.3, -0.25) is 0 Å². The van der Waals surface area contributed by atoms with Crippen LogP contribution >= 0.6 is 22.6 Å².